The van der Waals surface area contributed by atoms with Gasteiger partial charge in [-0.25, -0.2) is 4.68 Å². The number of nitrogens with zero attached hydrogens (tertiary/aromatic N) is 2. The molecule has 4 aromatic rings. The second-order valence-corrected chi connectivity index (χ2v) is 6.89. The molecule has 0 aliphatic carbocycles. The summed E-state index contributed by atoms with van der Waals surface area (Å²) in [7, 11) is 0. The van der Waals surface area contributed by atoms with Crippen molar-refractivity contribution in [2.45, 2.75) is 0 Å². The lowest BCUT2D eigenvalue weighted by Gasteiger charge is -2.02. The van der Waals surface area contributed by atoms with Gasteiger partial charge in [0.05, 0.1) is 22.6 Å². The number of aliphatic imine (C=N–C) groups is 1. The van der Waals surface area contributed by atoms with E-state index in [2.05, 4.69) is 26.0 Å². The first-order chi connectivity index (χ1) is 13.2. The van der Waals surface area contributed by atoms with Crippen LogP contribution in [-0.2, 0) is 0 Å². The number of hydrogen-bond acceptors (Lipinski definition) is 2. The van der Waals surface area contributed by atoms with Crippen LogP contribution >= 0.6 is 15.9 Å². The molecule has 1 heterocycles. The lowest BCUT2D eigenvalue weighted by Crippen LogP contribution is -2.17. The van der Waals surface area contributed by atoms with E-state index in [1.807, 2.05) is 84.9 Å². The number of aromatic amines is 1. The lowest BCUT2D eigenvalue weighted by molar-refractivity contribution is 0.852. The molecule has 0 fully saturated rings. The molecule has 132 valence electrons. The Morgan fingerprint density at radius 2 is 1.48 bits per heavy atom. The molecule has 27 heavy (non-hydrogen) atoms. The fraction of sp³-hybridized carbons (Fsp3) is 0. The fourth-order valence-corrected chi connectivity index (χ4v) is 3.08. The van der Waals surface area contributed by atoms with Crippen molar-refractivity contribution in [2.75, 3.05) is 0 Å². The molecule has 0 aliphatic heterocycles. The number of rotatable bonds is 4. The van der Waals surface area contributed by atoms with E-state index in [0.717, 1.165) is 27.1 Å². The minimum absolute atomic E-state index is 0.143. The van der Waals surface area contributed by atoms with E-state index in [1.54, 1.807) is 10.9 Å². The van der Waals surface area contributed by atoms with Crippen molar-refractivity contribution in [3.63, 3.8) is 0 Å². The Kier molecular flexibility index (Phi) is 4.85. The number of nitrogens with one attached hydrogen (secondary N) is 1. The van der Waals surface area contributed by atoms with Gasteiger partial charge in [-0.2, -0.15) is 0 Å². The van der Waals surface area contributed by atoms with Crippen LogP contribution in [0.15, 0.2) is 99.2 Å². The van der Waals surface area contributed by atoms with Crippen molar-refractivity contribution >= 4 is 27.8 Å². The Labute approximate surface area is 164 Å². The number of aromatic nitrogens is 2. The van der Waals surface area contributed by atoms with Crippen LogP contribution in [0.5, 0.6) is 0 Å². The molecule has 1 aromatic heterocycles. The van der Waals surface area contributed by atoms with Crippen molar-refractivity contribution < 1.29 is 0 Å². The van der Waals surface area contributed by atoms with E-state index < -0.39 is 0 Å². The van der Waals surface area contributed by atoms with Gasteiger partial charge in [0.15, 0.2) is 0 Å². The van der Waals surface area contributed by atoms with Crippen LogP contribution in [0.25, 0.3) is 16.9 Å². The minimum atomic E-state index is -0.143. The first-order valence-corrected chi connectivity index (χ1v) is 9.27. The maximum Gasteiger partial charge on any atom is 0.280 e. The van der Waals surface area contributed by atoms with Crippen molar-refractivity contribution in [1.82, 2.24) is 9.78 Å². The van der Waals surface area contributed by atoms with Crippen LogP contribution in [0.2, 0.25) is 0 Å². The molecule has 0 saturated carbocycles. The monoisotopic (exact) mass is 417 g/mol. The predicted molar refractivity (Wildman–Crippen MR) is 113 cm³/mol. The summed E-state index contributed by atoms with van der Waals surface area (Å²) in [5, 5.41) is 3.24. The number of benzene rings is 3. The summed E-state index contributed by atoms with van der Waals surface area (Å²) in [5.74, 6) is 0. The Bertz CT molecular complexity index is 1130. The average Bonchev–Trinajstić information content (AvgIpc) is 3.05. The van der Waals surface area contributed by atoms with Gasteiger partial charge < -0.3 is 0 Å². The number of hydrogen-bond donors (Lipinski definition) is 1. The van der Waals surface area contributed by atoms with E-state index in [4.69, 9.17) is 0 Å². The first kappa shape index (κ1) is 17.2. The van der Waals surface area contributed by atoms with Gasteiger partial charge in [-0.1, -0.05) is 64.5 Å². The van der Waals surface area contributed by atoms with Crippen LogP contribution in [0, 0.1) is 0 Å². The molecule has 4 rings (SSSR count). The highest BCUT2D eigenvalue weighted by Crippen LogP contribution is 2.21. The molecule has 1 N–H and O–H groups in total. The highest BCUT2D eigenvalue weighted by molar-refractivity contribution is 9.10. The molecule has 3 aromatic carbocycles. The predicted octanol–water partition coefficient (Wildman–Crippen LogP) is 5.35. The topological polar surface area (TPSA) is 50.1 Å². The van der Waals surface area contributed by atoms with Gasteiger partial charge in [0, 0.05) is 16.3 Å². The normalized spacial score (nSPS) is 11.1. The molecule has 0 bridgehead atoms. The van der Waals surface area contributed by atoms with Gasteiger partial charge in [0.25, 0.3) is 5.56 Å². The Morgan fingerprint density at radius 3 is 2.15 bits per heavy atom. The van der Waals surface area contributed by atoms with Crippen molar-refractivity contribution in [1.29, 1.82) is 0 Å². The van der Waals surface area contributed by atoms with E-state index in [1.165, 1.54) is 0 Å². The van der Waals surface area contributed by atoms with Crippen molar-refractivity contribution in [3.05, 3.63) is 105 Å². The van der Waals surface area contributed by atoms with Crippen LogP contribution < -0.4 is 5.56 Å². The third-order valence-electron chi connectivity index (χ3n) is 4.17. The van der Waals surface area contributed by atoms with E-state index in [-0.39, 0.29) is 5.56 Å². The summed E-state index contributed by atoms with van der Waals surface area (Å²) < 4.78 is 2.50. The molecule has 5 heteroatoms. The molecule has 0 saturated heterocycles. The number of para-hydroxylation sites is 1. The van der Waals surface area contributed by atoms with Gasteiger partial charge >= 0.3 is 0 Å². The van der Waals surface area contributed by atoms with Gasteiger partial charge in [-0.05, 0) is 36.4 Å². The Balaban J connectivity index is 1.86. The second kappa shape index (κ2) is 7.60. The molecular weight excluding hydrogens is 402 g/mol. The Hall–Kier alpha value is -3.18. The molecule has 0 unspecified atom stereocenters. The van der Waals surface area contributed by atoms with Gasteiger partial charge in [0.1, 0.15) is 0 Å². The second-order valence-electron chi connectivity index (χ2n) is 5.98. The minimum Gasteiger partial charge on any atom is -0.290 e. The van der Waals surface area contributed by atoms with Crippen LogP contribution in [0.1, 0.15) is 5.56 Å². The summed E-state index contributed by atoms with van der Waals surface area (Å²) in [6, 6.07) is 26.9. The van der Waals surface area contributed by atoms with Gasteiger partial charge in [-0.15, -0.1) is 0 Å². The molecule has 0 spiro atoms. The molecular formula is C22H16BrN3O. The summed E-state index contributed by atoms with van der Waals surface area (Å²) in [6.45, 7) is 0. The fourth-order valence-electron chi connectivity index (χ4n) is 2.82. The molecule has 0 amide bonds. The third kappa shape index (κ3) is 3.68. The van der Waals surface area contributed by atoms with E-state index in [9.17, 15) is 4.79 Å². The maximum absolute atomic E-state index is 13.1. The summed E-state index contributed by atoms with van der Waals surface area (Å²) >= 11 is 3.42. The lowest BCUT2D eigenvalue weighted by atomic mass is 10.1. The molecule has 0 aliphatic rings. The summed E-state index contributed by atoms with van der Waals surface area (Å²) in [5.41, 5.74) is 3.61. The standard InChI is InChI=1S/C22H16BrN3O/c23-17-11-13-19(14-12-17)26-22(27)20(15-24-18-9-5-2-6-10-18)21(25-26)16-7-3-1-4-8-16/h1-15,25H. The maximum atomic E-state index is 13.1. The van der Waals surface area contributed by atoms with Gasteiger partial charge in [0.2, 0.25) is 0 Å². The van der Waals surface area contributed by atoms with E-state index >= 15 is 0 Å². The largest absolute Gasteiger partial charge is 0.290 e. The SMILES string of the molecule is O=c1c(C=Nc2ccccc2)c(-c2ccccc2)[nH]n1-c1ccc(Br)cc1. The molecule has 0 atom stereocenters. The first-order valence-electron chi connectivity index (χ1n) is 8.48. The zero-order chi connectivity index (χ0) is 18.6. The van der Waals surface area contributed by atoms with Crippen molar-refractivity contribution in [3.8, 4) is 16.9 Å². The number of halogens is 1. The van der Waals surface area contributed by atoms with E-state index in [0.29, 0.717) is 5.56 Å². The molecule has 4 nitrogen and oxygen atoms in total. The zero-order valence-electron chi connectivity index (χ0n) is 14.3. The molecule has 0 radical (unpaired) electrons. The summed E-state index contributed by atoms with van der Waals surface area (Å²) in [6.07, 6.45) is 1.63. The zero-order valence-corrected chi connectivity index (χ0v) is 15.9. The van der Waals surface area contributed by atoms with Crippen molar-refractivity contribution in [2.24, 2.45) is 4.99 Å². The Morgan fingerprint density at radius 1 is 0.852 bits per heavy atom. The van der Waals surface area contributed by atoms with Crippen LogP contribution in [-0.4, -0.2) is 16.0 Å². The smallest absolute Gasteiger partial charge is 0.280 e. The quantitative estimate of drug-likeness (QED) is 0.447. The number of H-pyrrole nitrogens is 1. The summed E-state index contributed by atoms with van der Waals surface area (Å²) in [4.78, 5) is 17.6. The third-order valence-corrected chi connectivity index (χ3v) is 4.70. The van der Waals surface area contributed by atoms with Crippen LogP contribution in [0.3, 0.4) is 0 Å². The highest BCUT2D eigenvalue weighted by atomic mass is 79.9. The van der Waals surface area contributed by atoms with Crippen LogP contribution in [0.4, 0.5) is 5.69 Å². The average molecular weight is 418 g/mol. The highest BCUT2D eigenvalue weighted by Gasteiger charge is 2.15. The van der Waals surface area contributed by atoms with Gasteiger partial charge in [-0.3, -0.25) is 14.9 Å².